The lowest BCUT2D eigenvalue weighted by Gasteiger charge is -2.46. The molecule has 0 aromatic heterocycles. The molecule has 2 aromatic carbocycles. The smallest absolute Gasteiger partial charge is 0.415 e. The lowest BCUT2D eigenvalue weighted by Crippen LogP contribution is -2.52. The molecular formula is C21H24ClNO2. The average molecular weight is 358 g/mol. The SMILES string of the molecule is CC(C)(C)OC(=O)N1c2ccc(Cl)cc2CC[C@@]1(C)c1ccccc1. The second kappa shape index (κ2) is 6.38. The van der Waals surface area contributed by atoms with Gasteiger partial charge in [-0.05, 0) is 69.9 Å². The third-order valence-corrected chi connectivity index (χ3v) is 4.86. The summed E-state index contributed by atoms with van der Waals surface area (Å²) < 4.78 is 5.74. The van der Waals surface area contributed by atoms with Crippen LogP contribution in [-0.4, -0.2) is 11.7 Å². The van der Waals surface area contributed by atoms with E-state index in [-0.39, 0.29) is 6.09 Å². The van der Waals surface area contributed by atoms with Crippen molar-refractivity contribution in [3.63, 3.8) is 0 Å². The number of ether oxygens (including phenoxy) is 1. The molecule has 3 rings (SSSR count). The van der Waals surface area contributed by atoms with Crippen LogP contribution in [0.2, 0.25) is 5.02 Å². The number of carbonyl (C=O) groups excluding carboxylic acids is 1. The zero-order valence-electron chi connectivity index (χ0n) is 15.2. The summed E-state index contributed by atoms with van der Waals surface area (Å²) in [6, 6.07) is 15.8. The van der Waals surface area contributed by atoms with Gasteiger partial charge in [0.2, 0.25) is 0 Å². The van der Waals surface area contributed by atoms with Crippen molar-refractivity contribution in [3.05, 3.63) is 64.7 Å². The Morgan fingerprint density at radius 2 is 1.84 bits per heavy atom. The summed E-state index contributed by atoms with van der Waals surface area (Å²) in [4.78, 5) is 14.9. The van der Waals surface area contributed by atoms with Crippen LogP contribution in [0, 0.1) is 0 Å². The van der Waals surface area contributed by atoms with E-state index in [1.54, 1.807) is 4.90 Å². The first-order valence-electron chi connectivity index (χ1n) is 8.58. The standard InChI is InChI=1S/C21H24ClNO2/c1-20(2,3)25-19(24)23-18-11-10-17(22)14-15(18)12-13-21(23,4)16-8-6-5-7-9-16/h5-11,14H,12-13H2,1-4H3/t21-/m0/s1. The monoisotopic (exact) mass is 357 g/mol. The highest BCUT2D eigenvalue weighted by Crippen LogP contribution is 2.44. The molecule has 1 aliphatic rings. The number of fused-ring (bicyclic) bond motifs is 1. The first kappa shape index (κ1) is 17.8. The van der Waals surface area contributed by atoms with Crippen molar-refractivity contribution in [2.24, 2.45) is 0 Å². The molecule has 0 bridgehead atoms. The van der Waals surface area contributed by atoms with Crippen molar-refractivity contribution in [2.75, 3.05) is 4.90 Å². The predicted molar refractivity (Wildman–Crippen MR) is 102 cm³/mol. The summed E-state index contributed by atoms with van der Waals surface area (Å²) in [6.45, 7) is 7.76. The molecule has 25 heavy (non-hydrogen) atoms. The molecule has 0 fully saturated rings. The van der Waals surface area contributed by atoms with Crippen LogP contribution < -0.4 is 4.90 Å². The molecule has 0 N–H and O–H groups in total. The maximum absolute atomic E-state index is 13.1. The van der Waals surface area contributed by atoms with Crippen LogP contribution in [0.4, 0.5) is 10.5 Å². The number of rotatable bonds is 1. The van der Waals surface area contributed by atoms with Gasteiger partial charge >= 0.3 is 6.09 Å². The number of carbonyl (C=O) groups is 1. The quantitative estimate of drug-likeness (QED) is 0.631. The Balaban J connectivity index is 2.12. The van der Waals surface area contributed by atoms with E-state index in [9.17, 15) is 4.79 Å². The lowest BCUT2D eigenvalue weighted by atomic mass is 9.80. The largest absolute Gasteiger partial charge is 0.443 e. The third kappa shape index (κ3) is 3.52. The number of aryl methyl sites for hydroxylation is 1. The second-order valence-corrected chi connectivity index (χ2v) is 8.17. The van der Waals surface area contributed by atoms with Gasteiger partial charge in [0.1, 0.15) is 5.60 Å². The maximum atomic E-state index is 13.1. The molecule has 132 valence electrons. The zero-order chi connectivity index (χ0) is 18.2. The average Bonchev–Trinajstić information content (AvgIpc) is 2.54. The van der Waals surface area contributed by atoms with E-state index in [2.05, 4.69) is 19.1 Å². The van der Waals surface area contributed by atoms with E-state index >= 15 is 0 Å². The number of anilines is 1. The minimum atomic E-state index is -0.557. The Morgan fingerprint density at radius 1 is 1.16 bits per heavy atom. The number of nitrogens with zero attached hydrogens (tertiary/aromatic N) is 1. The van der Waals surface area contributed by atoms with Crippen molar-refractivity contribution in [3.8, 4) is 0 Å². The number of hydrogen-bond acceptors (Lipinski definition) is 2. The Labute approximate surface area is 154 Å². The van der Waals surface area contributed by atoms with Crippen LogP contribution in [0.3, 0.4) is 0 Å². The van der Waals surface area contributed by atoms with E-state index in [4.69, 9.17) is 16.3 Å². The van der Waals surface area contributed by atoms with E-state index in [1.807, 2.05) is 57.2 Å². The number of amides is 1. The number of benzene rings is 2. The maximum Gasteiger partial charge on any atom is 0.415 e. The molecule has 1 atom stereocenters. The van der Waals surface area contributed by atoms with Crippen LogP contribution in [0.25, 0.3) is 0 Å². The molecule has 1 amide bonds. The van der Waals surface area contributed by atoms with Crippen molar-refractivity contribution in [1.29, 1.82) is 0 Å². The molecule has 1 heterocycles. The highest BCUT2D eigenvalue weighted by atomic mass is 35.5. The first-order chi connectivity index (χ1) is 11.7. The van der Waals surface area contributed by atoms with E-state index in [0.29, 0.717) is 5.02 Å². The van der Waals surface area contributed by atoms with Gasteiger partial charge in [-0.3, -0.25) is 4.90 Å². The van der Waals surface area contributed by atoms with Crippen LogP contribution in [0.15, 0.2) is 48.5 Å². The molecule has 0 saturated carbocycles. The Hall–Kier alpha value is -2.00. The fraction of sp³-hybridized carbons (Fsp3) is 0.381. The molecule has 0 saturated heterocycles. The van der Waals surface area contributed by atoms with Gasteiger partial charge < -0.3 is 4.74 Å². The number of hydrogen-bond donors (Lipinski definition) is 0. The van der Waals surface area contributed by atoms with Crippen LogP contribution in [0.5, 0.6) is 0 Å². The van der Waals surface area contributed by atoms with Crippen molar-refractivity contribution < 1.29 is 9.53 Å². The molecule has 4 heteroatoms. The lowest BCUT2D eigenvalue weighted by molar-refractivity contribution is 0.0530. The fourth-order valence-corrected chi connectivity index (χ4v) is 3.60. The molecule has 2 aromatic rings. The third-order valence-electron chi connectivity index (χ3n) is 4.63. The van der Waals surface area contributed by atoms with Crippen molar-refractivity contribution in [1.82, 2.24) is 0 Å². The van der Waals surface area contributed by atoms with E-state index in [0.717, 1.165) is 29.7 Å². The summed E-state index contributed by atoms with van der Waals surface area (Å²) in [5.74, 6) is 0. The Bertz CT molecular complexity index is 782. The summed E-state index contributed by atoms with van der Waals surface area (Å²) in [7, 11) is 0. The van der Waals surface area contributed by atoms with Crippen molar-refractivity contribution in [2.45, 2.75) is 51.7 Å². The molecule has 0 unspecified atom stereocenters. The van der Waals surface area contributed by atoms with Gasteiger partial charge in [0, 0.05) is 5.02 Å². The summed E-state index contributed by atoms with van der Waals surface area (Å²) in [6.07, 6.45) is 1.34. The van der Waals surface area contributed by atoms with Gasteiger partial charge in [0.25, 0.3) is 0 Å². The number of halogens is 1. The van der Waals surface area contributed by atoms with Gasteiger partial charge in [0.15, 0.2) is 0 Å². The van der Waals surface area contributed by atoms with Gasteiger partial charge in [0.05, 0.1) is 11.2 Å². The second-order valence-electron chi connectivity index (χ2n) is 7.73. The van der Waals surface area contributed by atoms with Crippen LogP contribution >= 0.6 is 11.6 Å². The molecule has 3 nitrogen and oxygen atoms in total. The minimum absolute atomic E-state index is 0.331. The molecule has 0 aliphatic carbocycles. The molecular weight excluding hydrogens is 334 g/mol. The minimum Gasteiger partial charge on any atom is -0.443 e. The summed E-state index contributed by atoms with van der Waals surface area (Å²) >= 11 is 6.16. The highest BCUT2D eigenvalue weighted by molar-refractivity contribution is 6.30. The molecule has 0 radical (unpaired) electrons. The zero-order valence-corrected chi connectivity index (χ0v) is 15.9. The highest BCUT2D eigenvalue weighted by Gasteiger charge is 2.43. The summed E-state index contributed by atoms with van der Waals surface area (Å²) in [5.41, 5.74) is 2.02. The van der Waals surface area contributed by atoms with Crippen molar-refractivity contribution >= 4 is 23.4 Å². The molecule has 0 spiro atoms. The predicted octanol–water partition coefficient (Wildman–Crippen LogP) is 5.94. The van der Waals surface area contributed by atoms with Gasteiger partial charge in [-0.25, -0.2) is 4.79 Å². The summed E-state index contributed by atoms with van der Waals surface area (Å²) in [5, 5.41) is 0.686. The van der Waals surface area contributed by atoms with Crippen LogP contribution in [0.1, 0.15) is 45.2 Å². The van der Waals surface area contributed by atoms with Gasteiger partial charge in [-0.15, -0.1) is 0 Å². The normalized spacial score (nSPS) is 20.1. The van der Waals surface area contributed by atoms with Gasteiger partial charge in [-0.1, -0.05) is 41.9 Å². The first-order valence-corrected chi connectivity index (χ1v) is 8.96. The Kier molecular flexibility index (Phi) is 4.54. The van der Waals surface area contributed by atoms with Crippen LogP contribution in [-0.2, 0) is 16.7 Å². The van der Waals surface area contributed by atoms with Gasteiger partial charge in [-0.2, -0.15) is 0 Å². The van der Waals surface area contributed by atoms with E-state index < -0.39 is 11.1 Å². The topological polar surface area (TPSA) is 29.5 Å². The van der Waals surface area contributed by atoms with E-state index in [1.165, 1.54) is 0 Å². The Morgan fingerprint density at radius 3 is 2.48 bits per heavy atom. The molecule has 1 aliphatic heterocycles. The fourth-order valence-electron chi connectivity index (χ4n) is 3.41.